The van der Waals surface area contributed by atoms with Crippen molar-refractivity contribution in [3.63, 3.8) is 0 Å². The average Bonchev–Trinajstić information content (AvgIpc) is 2.55. The molecule has 2 radical (unpaired) electrons. The fourth-order valence-electron chi connectivity index (χ4n) is 2.39. The molecule has 0 amide bonds. The monoisotopic (exact) mass is 272 g/mol. The molecule has 0 aliphatic heterocycles. The molecule has 0 aliphatic rings. The molecule has 3 rings (SSSR count). The number of hydrogen-bond acceptors (Lipinski definition) is 1. The van der Waals surface area contributed by atoms with Crippen LogP contribution in [-0.2, 0) is 0 Å². The molecule has 0 atom stereocenters. The van der Waals surface area contributed by atoms with Crippen molar-refractivity contribution in [1.29, 1.82) is 0 Å². The van der Waals surface area contributed by atoms with E-state index < -0.39 is 0 Å². The molecule has 0 N–H and O–H groups in total. The lowest BCUT2D eigenvalue weighted by molar-refractivity contribution is 0.619. The van der Waals surface area contributed by atoms with Crippen molar-refractivity contribution >= 4 is 16.6 Å². The van der Waals surface area contributed by atoms with E-state index in [0.29, 0.717) is 0 Å². The molecule has 3 aromatic rings. The summed E-state index contributed by atoms with van der Waals surface area (Å²) in [4.78, 5) is 0. The highest BCUT2D eigenvalue weighted by atomic mass is 27.1. The second-order valence-electron chi connectivity index (χ2n) is 4.53. The zero-order chi connectivity index (χ0) is 13.8. The molecule has 0 heterocycles. The summed E-state index contributed by atoms with van der Waals surface area (Å²) in [5.41, 5.74) is 4.64. The molecular formula is C18H13AlO. The summed E-state index contributed by atoms with van der Waals surface area (Å²) in [5.74, 6) is 0.863. The Bertz CT molecular complexity index is 693. The topological polar surface area (TPSA) is 9.23 Å². The summed E-state index contributed by atoms with van der Waals surface area (Å²) < 4.78 is 5.48. The summed E-state index contributed by atoms with van der Waals surface area (Å²) in [5, 5.41) is 0. The van der Waals surface area contributed by atoms with Crippen LogP contribution in [0.1, 0.15) is 0 Å². The molecule has 3 aromatic carbocycles. The molecule has 0 fully saturated rings. The molecule has 0 aliphatic carbocycles. The summed E-state index contributed by atoms with van der Waals surface area (Å²) >= 11 is 2.34. The summed E-state index contributed by atoms with van der Waals surface area (Å²) in [7, 11) is 0. The molecule has 20 heavy (non-hydrogen) atoms. The maximum Gasteiger partial charge on any atom is 0.482 e. The minimum atomic E-state index is 0.863. The van der Waals surface area contributed by atoms with E-state index >= 15 is 0 Å². The van der Waals surface area contributed by atoms with Gasteiger partial charge in [-0.25, -0.2) is 0 Å². The van der Waals surface area contributed by atoms with Crippen LogP contribution in [0.25, 0.3) is 22.3 Å². The van der Waals surface area contributed by atoms with Gasteiger partial charge in [-0.05, 0) is 22.8 Å². The predicted octanol–water partition coefficient (Wildman–Crippen LogP) is 4.48. The Morgan fingerprint density at radius 2 is 1.20 bits per heavy atom. The predicted molar refractivity (Wildman–Crippen MR) is 83.7 cm³/mol. The van der Waals surface area contributed by atoms with Gasteiger partial charge in [-0.1, -0.05) is 72.8 Å². The quantitative estimate of drug-likeness (QED) is 0.639. The Labute approximate surface area is 127 Å². The van der Waals surface area contributed by atoms with Gasteiger partial charge in [0.25, 0.3) is 0 Å². The maximum absolute atomic E-state index is 5.48. The van der Waals surface area contributed by atoms with Crippen LogP contribution in [0, 0.1) is 0 Å². The Hall–Kier alpha value is -2.01. The van der Waals surface area contributed by atoms with Crippen molar-refractivity contribution < 1.29 is 3.79 Å². The van der Waals surface area contributed by atoms with Gasteiger partial charge in [-0.15, -0.1) is 0 Å². The van der Waals surface area contributed by atoms with Crippen LogP contribution in [-0.4, -0.2) is 16.6 Å². The van der Waals surface area contributed by atoms with E-state index in [-0.39, 0.29) is 0 Å². The van der Waals surface area contributed by atoms with E-state index in [0.717, 1.165) is 16.9 Å². The summed E-state index contributed by atoms with van der Waals surface area (Å²) in [6.45, 7) is 0. The zero-order valence-electron chi connectivity index (χ0n) is 11.0. The van der Waals surface area contributed by atoms with Gasteiger partial charge in [0.05, 0.1) is 5.75 Å². The second-order valence-corrected chi connectivity index (χ2v) is 4.76. The molecule has 0 saturated heterocycles. The SMILES string of the molecule is [Al][O]c1cccc(-c2ccccc2)c1-c1ccccc1. The molecule has 2 heteroatoms. The van der Waals surface area contributed by atoms with Crippen molar-refractivity contribution in [3.8, 4) is 28.0 Å². The molecule has 0 spiro atoms. The third-order valence-electron chi connectivity index (χ3n) is 3.30. The van der Waals surface area contributed by atoms with Crippen LogP contribution in [0.15, 0.2) is 78.9 Å². The fourth-order valence-corrected chi connectivity index (χ4v) is 2.59. The van der Waals surface area contributed by atoms with Crippen LogP contribution < -0.4 is 3.79 Å². The number of benzene rings is 3. The average molecular weight is 272 g/mol. The van der Waals surface area contributed by atoms with Gasteiger partial charge in [-0.3, -0.25) is 0 Å². The molecule has 0 saturated carbocycles. The Kier molecular flexibility index (Phi) is 3.88. The van der Waals surface area contributed by atoms with Crippen molar-refractivity contribution in [3.05, 3.63) is 78.9 Å². The van der Waals surface area contributed by atoms with Crippen LogP contribution in [0.3, 0.4) is 0 Å². The largest absolute Gasteiger partial charge is 0.653 e. The summed E-state index contributed by atoms with van der Waals surface area (Å²) in [6.07, 6.45) is 0. The van der Waals surface area contributed by atoms with Crippen LogP contribution in [0.2, 0.25) is 0 Å². The highest BCUT2D eigenvalue weighted by Crippen LogP contribution is 2.38. The van der Waals surface area contributed by atoms with Gasteiger partial charge < -0.3 is 3.79 Å². The van der Waals surface area contributed by atoms with Gasteiger partial charge in [0.2, 0.25) is 0 Å². The molecule has 0 unspecified atom stereocenters. The van der Waals surface area contributed by atoms with Crippen molar-refractivity contribution in [2.24, 2.45) is 0 Å². The van der Waals surface area contributed by atoms with Crippen LogP contribution in [0.4, 0.5) is 0 Å². The fraction of sp³-hybridized carbons (Fsp3) is 0. The van der Waals surface area contributed by atoms with E-state index in [1.807, 2.05) is 36.4 Å². The van der Waals surface area contributed by atoms with Crippen LogP contribution >= 0.6 is 0 Å². The number of rotatable bonds is 3. The first kappa shape index (κ1) is 13.0. The van der Waals surface area contributed by atoms with Crippen molar-refractivity contribution in [2.75, 3.05) is 0 Å². The van der Waals surface area contributed by atoms with E-state index in [2.05, 4.69) is 59.1 Å². The minimum absolute atomic E-state index is 0.863. The smallest absolute Gasteiger partial charge is 0.482 e. The van der Waals surface area contributed by atoms with Gasteiger partial charge in [0.15, 0.2) is 0 Å². The molecule has 0 bridgehead atoms. The standard InChI is InChI=1S/C18H14O.Al/c19-17-13-7-12-16(14-8-3-1-4-9-14)18(17)15-10-5-2-6-11-15;/h1-13,19H;/q;+1/p-1. The van der Waals surface area contributed by atoms with Gasteiger partial charge in [0.1, 0.15) is 0 Å². The zero-order valence-corrected chi connectivity index (χ0v) is 12.1. The lowest BCUT2D eigenvalue weighted by atomic mass is 9.94. The summed E-state index contributed by atoms with van der Waals surface area (Å²) in [6, 6.07) is 26.8. The highest BCUT2D eigenvalue weighted by molar-refractivity contribution is 6.01. The normalized spacial score (nSPS) is 10.2. The molecule has 1 nitrogen and oxygen atoms in total. The first-order chi connectivity index (χ1) is 9.90. The van der Waals surface area contributed by atoms with E-state index in [1.165, 1.54) is 11.1 Å². The third-order valence-corrected chi connectivity index (χ3v) is 3.55. The van der Waals surface area contributed by atoms with Crippen molar-refractivity contribution in [2.45, 2.75) is 0 Å². The van der Waals surface area contributed by atoms with Crippen LogP contribution in [0.5, 0.6) is 5.75 Å². The highest BCUT2D eigenvalue weighted by Gasteiger charge is 2.11. The Balaban J connectivity index is 2.26. The molecule has 94 valence electrons. The van der Waals surface area contributed by atoms with Gasteiger partial charge in [0, 0.05) is 5.56 Å². The second kappa shape index (κ2) is 5.96. The van der Waals surface area contributed by atoms with Gasteiger partial charge in [-0.2, -0.15) is 0 Å². The minimum Gasteiger partial charge on any atom is -0.653 e. The molecular weight excluding hydrogens is 259 g/mol. The lowest BCUT2D eigenvalue weighted by Crippen LogP contribution is -1.92. The van der Waals surface area contributed by atoms with Gasteiger partial charge >= 0.3 is 16.6 Å². The van der Waals surface area contributed by atoms with E-state index in [4.69, 9.17) is 3.79 Å². The first-order valence-electron chi connectivity index (χ1n) is 6.51. The maximum atomic E-state index is 5.48. The van der Waals surface area contributed by atoms with Crippen molar-refractivity contribution in [1.82, 2.24) is 0 Å². The lowest BCUT2D eigenvalue weighted by Gasteiger charge is -2.16. The van der Waals surface area contributed by atoms with E-state index in [1.54, 1.807) is 0 Å². The first-order valence-corrected chi connectivity index (χ1v) is 6.98. The Morgan fingerprint density at radius 1 is 0.600 bits per heavy atom. The Morgan fingerprint density at radius 3 is 1.80 bits per heavy atom. The van der Waals surface area contributed by atoms with E-state index in [9.17, 15) is 0 Å². The molecule has 0 aromatic heterocycles. The number of hydrogen-bond donors (Lipinski definition) is 0. The third kappa shape index (κ3) is 2.49.